The molecule has 0 aliphatic rings. The number of benzene rings is 2. The molecule has 0 fully saturated rings. The summed E-state index contributed by atoms with van der Waals surface area (Å²) in [6, 6.07) is 17.1. The van der Waals surface area contributed by atoms with Gasteiger partial charge in [-0.25, -0.2) is 0 Å². The van der Waals surface area contributed by atoms with E-state index < -0.39 is 6.04 Å². The summed E-state index contributed by atoms with van der Waals surface area (Å²) in [7, 11) is 0. The quantitative estimate of drug-likeness (QED) is 0.787. The van der Waals surface area contributed by atoms with Gasteiger partial charge in [-0.3, -0.25) is 10.1 Å². The summed E-state index contributed by atoms with van der Waals surface area (Å²) in [5.41, 5.74) is 8.64. The molecule has 0 spiro atoms. The van der Waals surface area contributed by atoms with Crippen molar-refractivity contribution in [3.63, 3.8) is 0 Å². The van der Waals surface area contributed by atoms with Crippen molar-refractivity contribution < 1.29 is 9.53 Å². The van der Waals surface area contributed by atoms with Gasteiger partial charge < -0.3 is 10.5 Å². The molecule has 2 rings (SSSR count). The van der Waals surface area contributed by atoms with Gasteiger partial charge in [0.1, 0.15) is 6.04 Å². The second-order valence-corrected chi connectivity index (χ2v) is 5.76. The Morgan fingerprint density at radius 1 is 1.04 bits per heavy atom. The van der Waals surface area contributed by atoms with E-state index in [0.717, 1.165) is 16.7 Å². The number of nitrogens with one attached hydrogen (secondary N) is 1. The highest BCUT2D eigenvalue weighted by Crippen LogP contribution is 2.16. The minimum Gasteiger partial charge on any atom is -0.374 e. The topological polar surface area (TPSA) is 64.3 Å². The summed E-state index contributed by atoms with van der Waals surface area (Å²) in [5.74, 6) is -0.382. The second kappa shape index (κ2) is 8.46. The molecule has 0 saturated carbocycles. The highest BCUT2D eigenvalue weighted by Gasteiger charge is 2.17. The lowest BCUT2D eigenvalue weighted by atomic mass is 10.0. The second-order valence-electron chi connectivity index (χ2n) is 5.76. The summed E-state index contributed by atoms with van der Waals surface area (Å²) < 4.78 is 5.69. The Morgan fingerprint density at radius 2 is 1.65 bits per heavy atom. The van der Waals surface area contributed by atoms with Crippen LogP contribution in [-0.4, -0.2) is 12.0 Å². The summed E-state index contributed by atoms with van der Waals surface area (Å²) in [6.07, 6.45) is 0.179. The smallest absolute Gasteiger partial charge is 0.239 e. The number of rotatable bonds is 8. The van der Waals surface area contributed by atoms with Crippen molar-refractivity contribution in [2.75, 3.05) is 0 Å². The molecule has 2 aromatic rings. The van der Waals surface area contributed by atoms with Gasteiger partial charge in [-0.2, -0.15) is 0 Å². The van der Waals surface area contributed by atoms with E-state index in [-0.39, 0.29) is 12.0 Å². The Balaban J connectivity index is 2.08. The summed E-state index contributed by atoms with van der Waals surface area (Å²) in [6.45, 7) is 5.14. The fourth-order valence-corrected chi connectivity index (χ4v) is 2.37. The molecule has 23 heavy (non-hydrogen) atoms. The zero-order valence-corrected chi connectivity index (χ0v) is 13.7. The van der Waals surface area contributed by atoms with Gasteiger partial charge in [0.05, 0.1) is 12.7 Å². The Kier molecular flexibility index (Phi) is 6.32. The van der Waals surface area contributed by atoms with Crippen LogP contribution in [0.2, 0.25) is 0 Å². The Morgan fingerprint density at radius 3 is 2.26 bits per heavy atom. The Hall–Kier alpha value is -2.17. The van der Waals surface area contributed by atoms with Gasteiger partial charge in [-0.1, -0.05) is 54.6 Å². The van der Waals surface area contributed by atoms with Gasteiger partial charge in [-0.15, -0.1) is 0 Å². The molecular weight excluding hydrogens is 288 g/mol. The lowest BCUT2D eigenvalue weighted by Crippen LogP contribution is -2.33. The zero-order chi connectivity index (χ0) is 16.7. The molecule has 0 saturated heterocycles. The van der Waals surface area contributed by atoms with Crippen LogP contribution < -0.4 is 11.1 Å². The third-order valence-corrected chi connectivity index (χ3v) is 3.60. The van der Waals surface area contributed by atoms with Crippen molar-refractivity contribution in [2.45, 2.75) is 39.1 Å². The van der Waals surface area contributed by atoms with Crippen molar-refractivity contribution in [3.8, 4) is 0 Å². The molecule has 0 aromatic heterocycles. The minimum absolute atomic E-state index is 0.179. The molecular formula is C19H24N2O2. The van der Waals surface area contributed by atoms with Crippen molar-refractivity contribution in [3.05, 3.63) is 71.3 Å². The first-order valence-corrected chi connectivity index (χ1v) is 7.84. The Labute approximate surface area is 137 Å². The molecule has 4 nitrogen and oxygen atoms in total. The van der Waals surface area contributed by atoms with Crippen LogP contribution in [0.1, 0.15) is 36.6 Å². The molecule has 3 N–H and O–H groups in total. The van der Waals surface area contributed by atoms with Gasteiger partial charge >= 0.3 is 0 Å². The van der Waals surface area contributed by atoms with Gasteiger partial charge in [0.2, 0.25) is 5.91 Å². The molecule has 4 heteroatoms. The molecule has 0 aliphatic carbocycles. The van der Waals surface area contributed by atoms with Crippen molar-refractivity contribution >= 4 is 5.91 Å². The fourth-order valence-electron chi connectivity index (χ4n) is 2.37. The molecule has 1 amide bonds. The lowest BCUT2D eigenvalue weighted by Gasteiger charge is -2.18. The molecule has 0 aliphatic heterocycles. The highest BCUT2D eigenvalue weighted by atomic mass is 16.5. The molecule has 1 atom stereocenters. The molecule has 0 heterocycles. The van der Waals surface area contributed by atoms with Crippen LogP contribution in [0.3, 0.4) is 0 Å². The number of amides is 1. The normalized spacial score (nSPS) is 12.3. The minimum atomic E-state index is -0.504. The molecule has 0 radical (unpaired) electrons. The van der Waals surface area contributed by atoms with E-state index in [1.807, 2.05) is 68.4 Å². The van der Waals surface area contributed by atoms with Crippen LogP contribution >= 0.6 is 0 Å². The predicted octanol–water partition coefficient (Wildman–Crippen LogP) is 2.93. The number of ether oxygens (including phenoxy) is 1. The summed E-state index contributed by atoms with van der Waals surface area (Å²) in [4.78, 5) is 11.8. The summed E-state index contributed by atoms with van der Waals surface area (Å²) >= 11 is 0. The van der Waals surface area contributed by atoms with E-state index in [2.05, 4.69) is 5.32 Å². The van der Waals surface area contributed by atoms with E-state index in [1.165, 1.54) is 0 Å². The predicted molar refractivity (Wildman–Crippen MR) is 91.6 cm³/mol. The third kappa shape index (κ3) is 5.20. The lowest BCUT2D eigenvalue weighted by molar-refractivity contribution is -0.120. The molecule has 0 unspecified atom stereocenters. The number of primary amides is 1. The number of hydrogen-bond donors (Lipinski definition) is 2. The van der Waals surface area contributed by atoms with E-state index in [4.69, 9.17) is 10.5 Å². The first kappa shape index (κ1) is 17.2. The van der Waals surface area contributed by atoms with Gasteiger partial charge in [0.15, 0.2) is 0 Å². The summed E-state index contributed by atoms with van der Waals surface area (Å²) in [5, 5.41) is 3.25. The fraction of sp³-hybridized carbons (Fsp3) is 0.316. The van der Waals surface area contributed by atoms with Crippen LogP contribution in [0.15, 0.2) is 54.6 Å². The number of nitrogens with two attached hydrogens (primary N) is 1. The third-order valence-electron chi connectivity index (χ3n) is 3.60. The standard InChI is InChI=1S/C19H24N2O2/c1-14(2)23-13-17-11-7-6-10-16(17)12-21-18(19(20)22)15-8-4-3-5-9-15/h3-11,14,18,21H,12-13H2,1-2H3,(H2,20,22)/t18-/m0/s1. The molecule has 0 bridgehead atoms. The van der Waals surface area contributed by atoms with Gasteiger partial charge in [0.25, 0.3) is 0 Å². The van der Waals surface area contributed by atoms with E-state index >= 15 is 0 Å². The number of hydrogen-bond acceptors (Lipinski definition) is 3. The van der Waals surface area contributed by atoms with E-state index in [9.17, 15) is 4.79 Å². The number of carbonyl (C=O) groups is 1. The van der Waals surface area contributed by atoms with Crippen LogP contribution in [-0.2, 0) is 22.7 Å². The maximum Gasteiger partial charge on any atom is 0.239 e. The largest absolute Gasteiger partial charge is 0.374 e. The highest BCUT2D eigenvalue weighted by molar-refractivity contribution is 5.81. The van der Waals surface area contributed by atoms with Crippen LogP contribution in [0, 0.1) is 0 Å². The zero-order valence-electron chi connectivity index (χ0n) is 13.7. The maximum atomic E-state index is 11.8. The SMILES string of the molecule is CC(C)OCc1ccccc1CN[C@H](C(N)=O)c1ccccc1. The van der Waals surface area contributed by atoms with E-state index in [0.29, 0.717) is 13.2 Å². The van der Waals surface area contributed by atoms with Gasteiger partial charge in [-0.05, 0) is 30.5 Å². The molecule has 2 aromatic carbocycles. The average Bonchev–Trinajstić information content (AvgIpc) is 2.54. The average molecular weight is 312 g/mol. The number of carbonyl (C=O) groups excluding carboxylic acids is 1. The van der Waals surface area contributed by atoms with Crippen molar-refractivity contribution in [1.82, 2.24) is 5.32 Å². The van der Waals surface area contributed by atoms with E-state index in [1.54, 1.807) is 0 Å². The van der Waals surface area contributed by atoms with Crippen LogP contribution in [0.5, 0.6) is 0 Å². The van der Waals surface area contributed by atoms with Crippen LogP contribution in [0.4, 0.5) is 0 Å². The maximum absolute atomic E-state index is 11.8. The first-order chi connectivity index (χ1) is 11.1. The monoisotopic (exact) mass is 312 g/mol. The van der Waals surface area contributed by atoms with Crippen molar-refractivity contribution in [1.29, 1.82) is 0 Å². The van der Waals surface area contributed by atoms with Gasteiger partial charge in [0, 0.05) is 6.54 Å². The van der Waals surface area contributed by atoms with Crippen molar-refractivity contribution in [2.24, 2.45) is 5.73 Å². The van der Waals surface area contributed by atoms with Crippen LogP contribution in [0.25, 0.3) is 0 Å². The Bertz CT molecular complexity index is 626. The first-order valence-electron chi connectivity index (χ1n) is 7.84. The molecule has 122 valence electrons.